The third-order valence-electron chi connectivity index (χ3n) is 1.83. The maximum absolute atomic E-state index is 12.3. The number of nitrogens with zero attached hydrogens (tertiary/aromatic N) is 1. The Morgan fingerprint density at radius 2 is 2.00 bits per heavy atom. The van der Waals surface area contributed by atoms with Gasteiger partial charge in [0.1, 0.15) is 5.69 Å². The Labute approximate surface area is 79.9 Å². The Kier molecular flexibility index (Phi) is 3.10. The van der Waals surface area contributed by atoms with Crippen LogP contribution in [0.5, 0.6) is 0 Å². The number of aryl methyl sites for hydroxylation is 1. The number of aromatic nitrogens is 1. The summed E-state index contributed by atoms with van der Waals surface area (Å²) in [7, 11) is 0. The summed E-state index contributed by atoms with van der Waals surface area (Å²) in [5.74, 6) is 0. The topological polar surface area (TPSA) is 38.9 Å². The van der Waals surface area contributed by atoms with Crippen molar-refractivity contribution < 1.29 is 13.2 Å². The van der Waals surface area contributed by atoms with Crippen LogP contribution in [0.1, 0.15) is 23.9 Å². The molecule has 1 aromatic heterocycles. The van der Waals surface area contributed by atoms with Crippen molar-refractivity contribution in [3.05, 3.63) is 29.1 Å². The van der Waals surface area contributed by atoms with Gasteiger partial charge in [0.15, 0.2) is 0 Å². The second-order valence-electron chi connectivity index (χ2n) is 2.91. The van der Waals surface area contributed by atoms with E-state index in [0.29, 0.717) is 17.7 Å². The molecule has 0 saturated heterocycles. The lowest BCUT2D eigenvalue weighted by Gasteiger charge is -2.09. The van der Waals surface area contributed by atoms with Crippen LogP contribution in [0.4, 0.5) is 13.2 Å². The van der Waals surface area contributed by atoms with E-state index in [1.54, 1.807) is 13.0 Å². The number of pyridine rings is 1. The number of alkyl halides is 3. The zero-order valence-electron chi connectivity index (χ0n) is 7.73. The third-order valence-corrected chi connectivity index (χ3v) is 1.83. The van der Waals surface area contributed by atoms with E-state index in [2.05, 4.69) is 4.98 Å². The first-order chi connectivity index (χ1) is 6.47. The monoisotopic (exact) mass is 204 g/mol. The highest BCUT2D eigenvalue weighted by Crippen LogP contribution is 2.28. The van der Waals surface area contributed by atoms with Gasteiger partial charge < -0.3 is 5.73 Å². The van der Waals surface area contributed by atoms with Gasteiger partial charge in [-0.25, -0.2) is 4.98 Å². The second-order valence-corrected chi connectivity index (χ2v) is 2.91. The van der Waals surface area contributed by atoms with E-state index in [-0.39, 0.29) is 6.54 Å². The van der Waals surface area contributed by atoms with Crippen LogP contribution >= 0.6 is 0 Å². The summed E-state index contributed by atoms with van der Waals surface area (Å²) in [6, 6.07) is 2.58. The lowest BCUT2D eigenvalue weighted by Crippen LogP contribution is -2.11. The Morgan fingerprint density at radius 1 is 1.36 bits per heavy atom. The molecule has 0 atom stereocenters. The van der Waals surface area contributed by atoms with Gasteiger partial charge in [-0.3, -0.25) is 0 Å². The molecule has 2 N–H and O–H groups in total. The molecule has 0 unspecified atom stereocenters. The molecule has 0 radical (unpaired) electrons. The summed E-state index contributed by atoms with van der Waals surface area (Å²) in [5, 5.41) is 0. The molecule has 0 spiro atoms. The van der Waals surface area contributed by atoms with E-state index in [4.69, 9.17) is 5.73 Å². The van der Waals surface area contributed by atoms with Crippen molar-refractivity contribution in [3.63, 3.8) is 0 Å². The predicted octanol–water partition coefficient (Wildman–Crippen LogP) is 2.12. The van der Waals surface area contributed by atoms with E-state index in [1.165, 1.54) is 0 Å². The quantitative estimate of drug-likeness (QED) is 0.801. The zero-order valence-corrected chi connectivity index (χ0v) is 7.73. The van der Waals surface area contributed by atoms with Crippen molar-refractivity contribution in [1.82, 2.24) is 4.98 Å². The van der Waals surface area contributed by atoms with Crippen LogP contribution in [-0.2, 0) is 19.1 Å². The molecular formula is C9H11F3N2. The van der Waals surface area contributed by atoms with Crippen LogP contribution in [0.25, 0.3) is 0 Å². The van der Waals surface area contributed by atoms with Crippen molar-refractivity contribution in [1.29, 1.82) is 0 Å². The van der Waals surface area contributed by atoms with Crippen molar-refractivity contribution in [2.45, 2.75) is 26.1 Å². The molecule has 0 aliphatic carbocycles. The van der Waals surface area contributed by atoms with Gasteiger partial charge in [-0.1, -0.05) is 6.92 Å². The Balaban J connectivity index is 3.17. The largest absolute Gasteiger partial charge is 0.433 e. The summed E-state index contributed by atoms with van der Waals surface area (Å²) >= 11 is 0. The van der Waals surface area contributed by atoms with Crippen LogP contribution in [0, 0.1) is 0 Å². The van der Waals surface area contributed by atoms with Gasteiger partial charge in [-0.05, 0) is 24.1 Å². The molecule has 0 amide bonds. The molecule has 14 heavy (non-hydrogen) atoms. The molecule has 1 rings (SSSR count). The minimum atomic E-state index is -4.39. The number of rotatable bonds is 2. The van der Waals surface area contributed by atoms with E-state index in [9.17, 15) is 13.2 Å². The number of hydrogen-bond donors (Lipinski definition) is 1. The van der Waals surface area contributed by atoms with E-state index < -0.39 is 11.9 Å². The standard InChI is InChI=1S/C9H11F3N2/c1-2-7-3-6(5-13)4-8(14-7)9(10,11)12/h3-4H,2,5,13H2,1H3. The lowest BCUT2D eigenvalue weighted by molar-refractivity contribution is -0.141. The lowest BCUT2D eigenvalue weighted by atomic mass is 10.1. The Hall–Kier alpha value is -1.10. The Morgan fingerprint density at radius 3 is 2.43 bits per heavy atom. The number of hydrogen-bond acceptors (Lipinski definition) is 2. The summed E-state index contributed by atoms with van der Waals surface area (Å²) in [4.78, 5) is 3.49. The van der Waals surface area contributed by atoms with Gasteiger partial charge in [-0.15, -0.1) is 0 Å². The second kappa shape index (κ2) is 3.96. The summed E-state index contributed by atoms with van der Waals surface area (Å²) in [6.07, 6.45) is -3.92. The first kappa shape index (κ1) is 11.0. The first-order valence-corrected chi connectivity index (χ1v) is 4.24. The van der Waals surface area contributed by atoms with Crippen LogP contribution < -0.4 is 5.73 Å². The highest BCUT2D eigenvalue weighted by Gasteiger charge is 2.32. The third kappa shape index (κ3) is 2.45. The predicted molar refractivity (Wildman–Crippen MR) is 46.5 cm³/mol. The van der Waals surface area contributed by atoms with Gasteiger partial charge in [0.25, 0.3) is 0 Å². The van der Waals surface area contributed by atoms with Crippen LogP contribution in [-0.4, -0.2) is 4.98 Å². The molecule has 0 aliphatic rings. The van der Waals surface area contributed by atoms with Crippen LogP contribution in [0.2, 0.25) is 0 Å². The molecule has 2 nitrogen and oxygen atoms in total. The van der Waals surface area contributed by atoms with Gasteiger partial charge in [0.2, 0.25) is 0 Å². The number of nitrogens with two attached hydrogens (primary N) is 1. The molecule has 0 saturated carbocycles. The zero-order chi connectivity index (χ0) is 10.8. The van der Waals surface area contributed by atoms with Crippen LogP contribution in [0.15, 0.2) is 12.1 Å². The number of halogens is 3. The maximum Gasteiger partial charge on any atom is 0.433 e. The van der Waals surface area contributed by atoms with Crippen molar-refractivity contribution in [3.8, 4) is 0 Å². The maximum atomic E-state index is 12.3. The minimum Gasteiger partial charge on any atom is -0.326 e. The van der Waals surface area contributed by atoms with E-state index >= 15 is 0 Å². The van der Waals surface area contributed by atoms with Crippen molar-refractivity contribution in [2.24, 2.45) is 5.73 Å². The van der Waals surface area contributed by atoms with Crippen molar-refractivity contribution in [2.75, 3.05) is 0 Å². The SMILES string of the molecule is CCc1cc(CN)cc(C(F)(F)F)n1. The normalized spacial score (nSPS) is 11.8. The fourth-order valence-electron chi connectivity index (χ4n) is 1.09. The molecule has 0 fully saturated rings. The molecule has 0 aromatic carbocycles. The van der Waals surface area contributed by atoms with Crippen molar-refractivity contribution >= 4 is 0 Å². The fourth-order valence-corrected chi connectivity index (χ4v) is 1.09. The smallest absolute Gasteiger partial charge is 0.326 e. The highest BCUT2D eigenvalue weighted by atomic mass is 19.4. The first-order valence-electron chi connectivity index (χ1n) is 4.24. The molecule has 5 heteroatoms. The molecule has 0 bridgehead atoms. The Bertz CT molecular complexity index is 298. The molecule has 1 heterocycles. The van der Waals surface area contributed by atoms with E-state index in [1.807, 2.05) is 0 Å². The van der Waals surface area contributed by atoms with Gasteiger partial charge in [0, 0.05) is 12.2 Å². The molecule has 78 valence electrons. The summed E-state index contributed by atoms with van der Waals surface area (Å²) in [6.45, 7) is 1.85. The van der Waals surface area contributed by atoms with Crippen LogP contribution in [0.3, 0.4) is 0 Å². The molecule has 0 aliphatic heterocycles. The molecule has 1 aromatic rings. The molecular weight excluding hydrogens is 193 g/mol. The summed E-state index contributed by atoms with van der Waals surface area (Å²) in [5.41, 5.74) is 5.31. The average molecular weight is 204 g/mol. The van der Waals surface area contributed by atoms with Gasteiger partial charge in [-0.2, -0.15) is 13.2 Å². The fraction of sp³-hybridized carbons (Fsp3) is 0.444. The van der Waals surface area contributed by atoms with E-state index in [0.717, 1.165) is 6.07 Å². The summed E-state index contributed by atoms with van der Waals surface area (Å²) < 4.78 is 37.0. The highest BCUT2D eigenvalue weighted by molar-refractivity contribution is 5.23. The van der Waals surface area contributed by atoms with Gasteiger partial charge >= 0.3 is 6.18 Å². The minimum absolute atomic E-state index is 0.0958. The average Bonchev–Trinajstić information content (AvgIpc) is 2.15. The van der Waals surface area contributed by atoms with Gasteiger partial charge in [0.05, 0.1) is 0 Å².